The molecule has 0 radical (unpaired) electrons. The van der Waals surface area contributed by atoms with Crippen LogP contribution in [0.2, 0.25) is 0 Å². The van der Waals surface area contributed by atoms with Crippen LogP contribution in [0.25, 0.3) is 0 Å². The van der Waals surface area contributed by atoms with E-state index in [-0.39, 0.29) is 24.8 Å². The van der Waals surface area contributed by atoms with Gasteiger partial charge >= 0.3 is 0 Å². The SMILES string of the molecule is COC1CN(CC(=O)c2ccc3c(c2)OCO3)CC1OC. The number of rotatable bonds is 5. The molecule has 21 heavy (non-hydrogen) atoms. The first-order valence-electron chi connectivity index (χ1n) is 6.92. The lowest BCUT2D eigenvalue weighted by Crippen LogP contribution is -2.29. The summed E-state index contributed by atoms with van der Waals surface area (Å²) in [6, 6.07) is 5.28. The van der Waals surface area contributed by atoms with Gasteiger partial charge in [0.05, 0.1) is 18.8 Å². The fourth-order valence-electron chi connectivity index (χ4n) is 2.76. The molecule has 2 aliphatic rings. The first kappa shape index (κ1) is 14.3. The molecule has 1 saturated heterocycles. The molecule has 6 heteroatoms. The summed E-state index contributed by atoms with van der Waals surface area (Å²) < 4.78 is 21.3. The number of carbonyl (C=O) groups is 1. The number of hydrogen-bond donors (Lipinski definition) is 0. The van der Waals surface area contributed by atoms with Crippen LogP contribution < -0.4 is 9.47 Å². The molecular formula is C15H19NO5. The fraction of sp³-hybridized carbons (Fsp3) is 0.533. The lowest BCUT2D eigenvalue weighted by molar-refractivity contribution is -0.00461. The van der Waals surface area contributed by atoms with Crippen LogP contribution in [0.1, 0.15) is 10.4 Å². The third-order valence-corrected chi connectivity index (χ3v) is 3.96. The molecular weight excluding hydrogens is 274 g/mol. The lowest BCUT2D eigenvalue weighted by Gasteiger charge is -2.14. The van der Waals surface area contributed by atoms with Gasteiger partial charge in [-0.15, -0.1) is 0 Å². The van der Waals surface area contributed by atoms with Crippen LogP contribution in [0.4, 0.5) is 0 Å². The highest BCUT2D eigenvalue weighted by molar-refractivity contribution is 5.98. The zero-order chi connectivity index (χ0) is 14.8. The Bertz CT molecular complexity index is 521. The molecule has 0 aliphatic carbocycles. The van der Waals surface area contributed by atoms with E-state index in [0.717, 1.165) is 0 Å². The summed E-state index contributed by atoms with van der Waals surface area (Å²) >= 11 is 0. The van der Waals surface area contributed by atoms with Crippen molar-refractivity contribution in [1.82, 2.24) is 4.90 Å². The molecule has 114 valence electrons. The predicted molar refractivity (Wildman–Crippen MR) is 74.9 cm³/mol. The maximum Gasteiger partial charge on any atom is 0.231 e. The number of methoxy groups -OCH3 is 2. The van der Waals surface area contributed by atoms with E-state index >= 15 is 0 Å². The number of likely N-dealkylation sites (tertiary alicyclic amines) is 1. The van der Waals surface area contributed by atoms with Gasteiger partial charge in [-0.25, -0.2) is 0 Å². The Kier molecular flexibility index (Phi) is 4.10. The number of nitrogens with zero attached hydrogens (tertiary/aromatic N) is 1. The van der Waals surface area contributed by atoms with Crippen molar-refractivity contribution in [2.75, 3.05) is 40.6 Å². The summed E-state index contributed by atoms with van der Waals surface area (Å²) in [5.74, 6) is 1.37. The van der Waals surface area contributed by atoms with E-state index < -0.39 is 0 Å². The average Bonchev–Trinajstić information content (AvgIpc) is 3.11. The second-order valence-electron chi connectivity index (χ2n) is 5.23. The van der Waals surface area contributed by atoms with Gasteiger partial charge < -0.3 is 18.9 Å². The van der Waals surface area contributed by atoms with Gasteiger partial charge in [0, 0.05) is 32.9 Å². The molecule has 1 fully saturated rings. The van der Waals surface area contributed by atoms with E-state index in [1.54, 1.807) is 32.4 Å². The molecule has 1 aromatic carbocycles. The topological polar surface area (TPSA) is 57.2 Å². The van der Waals surface area contributed by atoms with Crippen molar-refractivity contribution in [2.45, 2.75) is 12.2 Å². The van der Waals surface area contributed by atoms with Crippen LogP contribution in [0.3, 0.4) is 0 Å². The highest BCUT2D eigenvalue weighted by Crippen LogP contribution is 2.32. The Morgan fingerprint density at radius 3 is 2.52 bits per heavy atom. The Labute approximate surface area is 123 Å². The van der Waals surface area contributed by atoms with E-state index in [2.05, 4.69) is 4.90 Å². The smallest absolute Gasteiger partial charge is 0.231 e. The van der Waals surface area contributed by atoms with Gasteiger partial charge in [-0.3, -0.25) is 9.69 Å². The van der Waals surface area contributed by atoms with Crippen LogP contribution >= 0.6 is 0 Å². The summed E-state index contributed by atoms with van der Waals surface area (Å²) in [6.07, 6.45) is 0.0270. The van der Waals surface area contributed by atoms with E-state index in [4.69, 9.17) is 18.9 Å². The van der Waals surface area contributed by atoms with Crippen molar-refractivity contribution in [1.29, 1.82) is 0 Å². The average molecular weight is 293 g/mol. The molecule has 2 atom stereocenters. The van der Waals surface area contributed by atoms with Crippen molar-refractivity contribution >= 4 is 5.78 Å². The minimum atomic E-state index is 0.0135. The molecule has 2 unspecified atom stereocenters. The molecule has 1 aromatic rings. The molecule has 2 heterocycles. The normalized spacial score (nSPS) is 24.5. The lowest BCUT2D eigenvalue weighted by atomic mass is 10.1. The van der Waals surface area contributed by atoms with Crippen molar-refractivity contribution in [3.05, 3.63) is 23.8 Å². The Morgan fingerprint density at radius 1 is 1.19 bits per heavy atom. The Morgan fingerprint density at radius 2 is 1.86 bits per heavy atom. The quantitative estimate of drug-likeness (QED) is 0.753. The molecule has 6 nitrogen and oxygen atoms in total. The van der Waals surface area contributed by atoms with Crippen LogP contribution in [0.15, 0.2) is 18.2 Å². The molecule has 0 N–H and O–H groups in total. The van der Waals surface area contributed by atoms with Gasteiger partial charge in [0.25, 0.3) is 0 Å². The maximum absolute atomic E-state index is 12.4. The Hall–Kier alpha value is -1.63. The first-order valence-corrected chi connectivity index (χ1v) is 6.92. The molecule has 0 saturated carbocycles. The fourth-order valence-corrected chi connectivity index (χ4v) is 2.76. The zero-order valence-corrected chi connectivity index (χ0v) is 12.2. The van der Waals surface area contributed by atoms with Crippen molar-refractivity contribution in [3.8, 4) is 11.5 Å². The predicted octanol–water partition coefficient (Wildman–Crippen LogP) is 0.944. The molecule has 0 spiro atoms. The minimum absolute atomic E-state index is 0.0135. The third-order valence-electron chi connectivity index (χ3n) is 3.96. The van der Waals surface area contributed by atoms with E-state index in [1.165, 1.54) is 0 Å². The minimum Gasteiger partial charge on any atom is -0.454 e. The van der Waals surface area contributed by atoms with Gasteiger partial charge in [0.2, 0.25) is 6.79 Å². The number of fused-ring (bicyclic) bond motifs is 1. The standard InChI is InChI=1S/C15H19NO5/c1-18-14-7-16(8-15(14)19-2)6-11(17)10-3-4-12-13(5-10)21-9-20-12/h3-5,14-15H,6-9H2,1-2H3. The van der Waals surface area contributed by atoms with E-state index in [0.29, 0.717) is 36.7 Å². The van der Waals surface area contributed by atoms with E-state index in [9.17, 15) is 4.79 Å². The van der Waals surface area contributed by atoms with Crippen LogP contribution in [0, 0.1) is 0 Å². The summed E-state index contributed by atoms with van der Waals surface area (Å²) in [5, 5.41) is 0. The van der Waals surface area contributed by atoms with Gasteiger partial charge in [0.1, 0.15) is 0 Å². The van der Waals surface area contributed by atoms with Crippen LogP contribution in [-0.2, 0) is 9.47 Å². The summed E-state index contributed by atoms with van der Waals surface area (Å²) in [6.45, 7) is 1.96. The van der Waals surface area contributed by atoms with Crippen molar-refractivity contribution in [3.63, 3.8) is 0 Å². The molecule has 0 aromatic heterocycles. The Balaban J connectivity index is 1.64. The highest BCUT2D eigenvalue weighted by Gasteiger charge is 2.33. The monoisotopic (exact) mass is 293 g/mol. The number of benzene rings is 1. The van der Waals surface area contributed by atoms with Gasteiger partial charge in [0.15, 0.2) is 17.3 Å². The largest absolute Gasteiger partial charge is 0.454 e. The highest BCUT2D eigenvalue weighted by atomic mass is 16.7. The molecule has 2 aliphatic heterocycles. The number of ketones is 1. The van der Waals surface area contributed by atoms with Crippen LogP contribution in [-0.4, -0.2) is 63.5 Å². The van der Waals surface area contributed by atoms with Crippen molar-refractivity contribution in [2.24, 2.45) is 0 Å². The van der Waals surface area contributed by atoms with Crippen molar-refractivity contribution < 1.29 is 23.7 Å². The summed E-state index contributed by atoms with van der Waals surface area (Å²) in [7, 11) is 3.33. The van der Waals surface area contributed by atoms with Gasteiger partial charge in [-0.05, 0) is 18.2 Å². The van der Waals surface area contributed by atoms with Crippen LogP contribution in [0.5, 0.6) is 11.5 Å². The molecule has 0 amide bonds. The second kappa shape index (κ2) is 6.01. The number of Topliss-reactive ketones (excluding diaryl/α,β-unsaturated/α-hetero) is 1. The molecule has 3 rings (SSSR count). The third kappa shape index (κ3) is 2.88. The number of carbonyl (C=O) groups excluding carboxylic acids is 1. The maximum atomic E-state index is 12.4. The summed E-state index contributed by atoms with van der Waals surface area (Å²) in [4.78, 5) is 14.4. The second-order valence-corrected chi connectivity index (χ2v) is 5.23. The molecule has 0 bridgehead atoms. The van der Waals surface area contributed by atoms with Gasteiger partial charge in [-0.1, -0.05) is 0 Å². The summed E-state index contributed by atoms with van der Waals surface area (Å²) in [5.41, 5.74) is 0.633. The first-order chi connectivity index (χ1) is 10.2. The number of ether oxygens (including phenoxy) is 4. The number of hydrogen-bond acceptors (Lipinski definition) is 6. The zero-order valence-electron chi connectivity index (χ0n) is 12.2. The van der Waals surface area contributed by atoms with E-state index in [1.807, 2.05) is 0 Å². The van der Waals surface area contributed by atoms with Gasteiger partial charge in [-0.2, -0.15) is 0 Å².